The highest BCUT2D eigenvalue weighted by molar-refractivity contribution is 6.13. The van der Waals surface area contributed by atoms with Gasteiger partial charge < -0.3 is 8.98 Å². The van der Waals surface area contributed by atoms with Gasteiger partial charge in [-0.2, -0.15) is 0 Å². The van der Waals surface area contributed by atoms with Gasteiger partial charge in [0, 0.05) is 39.1 Å². The van der Waals surface area contributed by atoms with Gasteiger partial charge in [-0.15, -0.1) is 0 Å². The highest BCUT2D eigenvalue weighted by Crippen LogP contribution is 2.58. The van der Waals surface area contributed by atoms with Gasteiger partial charge in [-0.05, 0) is 69.8 Å². The molecule has 0 aliphatic heterocycles. The third-order valence-electron chi connectivity index (χ3n) is 9.37. The molecule has 6 aromatic carbocycles. The first kappa shape index (κ1) is 20.8. The lowest BCUT2D eigenvalue weighted by molar-refractivity contribution is 0.669. The Morgan fingerprint density at radius 2 is 1.07 bits per heavy atom. The monoisotopic (exact) mass is 509 g/mol. The summed E-state index contributed by atoms with van der Waals surface area (Å²) in [5.41, 5.74) is 14.3. The summed E-state index contributed by atoms with van der Waals surface area (Å²) in [7, 11) is 0. The maximum absolute atomic E-state index is 6.16. The molecule has 40 heavy (non-hydrogen) atoms. The van der Waals surface area contributed by atoms with Crippen LogP contribution >= 0.6 is 0 Å². The summed E-state index contributed by atoms with van der Waals surface area (Å²) in [4.78, 5) is 0. The van der Waals surface area contributed by atoms with Gasteiger partial charge in [0.15, 0.2) is 0 Å². The van der Waals surface area contributed by atoms with Gasteiger partial charge in [-0.1, -0.05) is 91.0 Å². The van der Waals surface area contributed by atoms with Crippen LogP contribution in [0.25, 0.3) is 49.4 Å². The van der Waals surface area contributed by atoms with Crippen molar-refractivity contribution in [3.05, 3.63) is 161 Å². The van der Waals surface area contributed by atoms with Crippen LogP contribution in [-0.2, 0) is 0 Å². The van der Waals surface area contributed by atoms with Crippen LogP contribution in [0.15, 0.2) is 132 Å². The van der Waals surface area contributed by atoms with Gasteiger partial charge in [0.2, 0.25) is 0 Å². The molecule has 3 aliphatic rings. The van der Waals surface area contributed by atoms with E-state index in [1.807, 2.05) is 12.1 Å². The van der Waals surface area contributed by atoms with Gasteiger partial charge in [-0.3, -0.25) is 0 Å². The van der Waals surface area contributed by atoms with Crippen molar-refractivity contribution in [3.63, 3.8) is 0 Å². The number of hydrogen-bond donors (Lipinski definition) is 0. The summed E-state index contributed by atoms with van der Waals surface area (Å²) in [6.45, 7) is 0. The normalized spacial score (nSPS) is 17.0. The summed E-state index contributed by atoms with van der Waals surface area (Å²) >= 11 is 0. The standard InChI is InChI=1S/C38H23NO/c1-3-12-26-24(10-1)35-25-11-2-4-13-27(25)36(26)38-29(35)18-19-32-37(38)28-14-5-7-15-31(28)39(32)22-17-20-34-30(21-22)23-9-6-8-16-33(23)40-34/h1-21,35-36H. The van der Waals surface area contributed by atoms with Crippen LogP contribution in [-0.4, -0.2) is 4.57 Å². The minimum absolute atomic E-state index is 0.232. The molecular formula is C38H23NO. The van der Waals surface area contributed by atoms with Crippen LogP contribution < -0.4 is 0 Å². The average molecular weight is 510 g/mol. The Hall–Kier alpha value is -5.08. The molecule has 3 aliphatic carbocycles. The van der Waals surface area contributed by atoms with Gasteiger partial charge in [0.05, 0.1) is 11.0 Å². The topological polar surface area (TPSA) is 18.1 Å². The van der Waals surface area contributed by atoms with E-state index in [-0.39, 0.29) is 11.8 Å². The predicted molar refractivity (Wildman–Crippen MR) is 163 cm³/mol. The SMILES string of the molecule is c1ccc2c(c1)C1c3ccccc3C2c2c1ccc1c2c2ccccc2n1-c1ccc2oc3ccccc3c2c1. The number of furan rings is 1. The molecule has 0 fully saturated rings. The van der Waals surface area contributed by atoms with E-state index in [1.54, 1.807) is 0 Å². The number of rotatable bonds is 1. The lowest BCUT2D eigenvalue weighted by atomic mass is 9.60. The van der Waals surface area contributed by atoms with Crippen molar-refractivity contribution in [1.82, 2.24) is 4.57 Å². The molecule has 2 nitrogen and oxygen atoms in total. The van der Waals surface area contributed by atoms with Crippen LogP contribution in [0.1, 0.15) is 45.2 Å². The van der Waals surface area contributed by atoms with Gasteiger partial charge >= 0.3 is 0 Å². The Labute approximate surface area is 230 Å². The Kier molecular flexibility index (Phi) is 3.81. The predicted octanol–water partition coefficient (Wildman–Crippen LogP) is 9.67. The van der Waals surface area contributed by atoms with Crippen LogP contribution in [0.4, 0.5) is 0 Å². The van der Waals surface area contributed by atoms with Crippen molar-refractivity contribution in [2.24, 2.45) is 0 Å². The fourth-order valence-corrected chi connectivity index (χ4v) is 7.85. The van der Waals surface area contributed by atoms with Crippen molar-refractivity contribution < 1.29 is 4.42 Å². The fraction of sp³-hybridized carbons (Fsp3) is 0.0526. The summed E-state index contributed by atoms with van der Waals surface area (Å²) < 4.78 is 8.62. The van der Waals surface area contributed by atoms with Crippen LogP contribution in [0, 0.1) is 0 Å². The third-order valence-corrected chi connectivity index (χ3v) is 9.37. The number of nitrogens with zero attached hydrogens (tertiary/aromatic N) is 1. The van der Waals surface area contributed by atoms with Crippen molar-refractivity contribution in [2.45, 2.75) is 11.8 Å². The van der Waals surface area contributed by atoms with E-state index < -0.39 is 0 Å². The Morgan fingerprint density at radius 3 is 1.85 bits per heavy atom. The Morgan fingerprint density at radius 1 is 0.450 bits per heavy atom. The number of fused-ring (bicyclic) bond motifs is 6. The summed E-state index contributed by atoms with van der Waals surface area (Å²) in [6, 6.07) is 46.8. The second-order valence-electron chi connectivity index (χ2n) is 11.2. The quantitative estimate of drug-likeness (QED) is 0.215. The first-order valence-corrected chi connectivity index (χ1v) is 14.0. The van der Waals surface area contributed by atoms with Gasteiger partial charge in [-0.25, -0.2) is 0 Å². The molecule has 2 heteroatoms. The van der Waals surface area contributed by atoms with Crippen molar-refractivity contribution in [3.8, 4) is 5.69 Å². The molecule has 8 aromatic rings. The number of para-hydroxylation sites is 2. The van der Waals surface area contributed by atoms with Gasteiger partial charge in [0.25, 0.3) is 0 Å². The zero-order chi connectivity index (χ0) is 25.9. The molecule has 0 saturated heterocycles. The smallest absolute Gasteiger partial charge is 0.135 e. The zero-order valence-corrected chi connectivity index (χ0v) is 21.6. The second-order valence-corrected chi connectivity index (χ2v) is 11.2. The molecule has 0 N–H and O–H groups in total. The molecule has 0 spiro atoms. The fourth-order valence-electron chi connectivity index (χ4n) is 7.85. The molecule has 0 radical (unpaired) electrons. The third kappa shape index (κ3) is 2.45. The van der Waals surface area contributed by atoms with Crippen molar-refractivity contribution >= 4 is 43.7 Å². The molecule has 186 valence electrons. The molecular weight excluding hydrogens is 486 g/mol. The van der Waals surface area contributed by atoms with Crippen LogP contribution in [0.2, 0.25) is 0 Å². The van der Waals surface area contributed by atoms with Crippen molar-refractivity contribution in [1.29, 1.82) is 0 Å². The molecule has 2 heterocycles. The maximum Gasteiger partial charge on any atom is 0.135 e. The van der Waals surface area contributed by atoms with E-state index in [0.29, 0.717) is 0 Å². The zero-order valence-electron chi connectivity index (χ0n) is 21.6. The first-order valence-electron chi connectivity index (χ1n) is 14.0. The molecule has 0 amide bonds. The molecule has 2 bridgehead atoms. The molecule has 2 aromatic heterocycles. The van der Waals surface area contributed by atoms with Crippen LogP contribution in [0.5, 0.6) is 0 Å². The lowest BCUT2D eigenvalue weighted by Crippen LogP contribution is -2.27. The minimum Gasteiger partial charge on any atom is -0.456 e. The summed E-state index contributed by atoms with van der Waals surface area (Å²) in [6.07, 6.45) is 0. The first-order chi connectivity index (χ1) is 19.9. The van der Waals surface area contributed by atoms with E-state index in [1.165, 1.54) is 55.2 Å². The number of hydrogen-bond acceptors (Lipinski definition) is 1. The van der Waals surface area contributed by atoms with E-state index >= 15 is 0 Å². The van der Waals surface area contributed by atoms with E-state index in [0.717, 1.165) is 27.6 Å². The lowest BCUT2D eigenvalue weighted by Gasteiger charge is -2.42. The number of benzene rings is 6. The maximum atomic E-state index is 6.16. The number of aromatic nitrogens is 1. The molecule has 0 atom stereocenters. The second kappa shape index (κ2) is 7.31. The Bertz CT molecular complexity index is 2300. The van der Waals surface area contributed by atoms with Crippen LogP contribution in [0.3, 0.4) is 0 Å². The molecule has 11 rings (SSSR count). The highest BCUT2D eigenvalue weighted by Gasteiger charge is 2.42. The van der Waals surface area contributed by atoms with Gasteiger partial charge in [0.1, 0.15) is 11.2 Å². The Balaban J connectivity index is 1.33. The largest absolute Gasteiger partial charge is 0.456 e. The summed E-state index contributed by atoms with van der Waals surface area (Å²) in [5, 5.41) is 5.00. The van der Waals surface area contributed by atoms with E-state index in [4.69, 9.17) is 4.42 Å². The highest BCUT2D eigenvalue weighted by atomic mass is 16.3. The van der Waals surface area contributed by atoms with Crippen molar-refractivity contribution in [2.75, 3.05) is 0 Å². The summed E-state index contributed by atoms with van der Waals surface area (Å²) in [5.74, 6) is 0.503. The average Bonchev–Trinajstić information content (AvgIpc) is 3.56. The molecule has 0 saturated carbocycles. The molecule has 0 unspecified atom stereocenters. The van der Waals surface area contributed by atoms with E-state index in [9.17, 15) is 0 Å². The minimum atomic E-state index is 0.232. The van der Waals surface area contributed by atoms with E-state index in [2.05, 4.69) is 120 Å².